The normalized spacial score (nSPS) is 41.7. The highest BCUT2D eigenvalue weighted by atomic mass is 32.2. The number of aliphatic hydroxyl groups is 2. The van der Waals surface area contributed by atoms with Gasteiger partial charge in [0.15, 0.2) is 6.35 Å². The standard InChI is InChI=1S/C27H50N10O11S2/c28-48-49(43,44)14-9-13-10-20(37-50(45,46)47)22(36-35-16-6-2-1-5-15(16)24(40)41)23(39)21(13)19(11-14)31-26-32-25(33-27(42)34-26)30-18-8-4-3-7-17(18)29-12-38/h12-23,25-27,30-34,37,39,42H,1-11,28H2,(H,29,38)(H,40,41)(H,45,46,47). The van der Waals surface area contributed by atoms with E-state index in [9.17, 15) is 46.3 Å². The molecule has 4 aliphatic carbocycles. The summed E-state index contributed by atoms with van der Waals surface area (Å²) in [6.45, 7) is 0. The lowest BCUT2D eigenvalue weighted by Gasteiger charge is -2.51. The van der Waals surface area contributed by atoms with Gasteiger partial charge < -0.3 is 20.6 Å². The van der Waals surface area contributed by atoms with Crippen molar-refractivity contribution in [2.45, 2.75) is 137 Å². The molecule has 5 aliphatic rings. The van der Waals surface area contributed by atoms with Crippen LogP contribution in [0.2, 0.25) is 0 Å². The minimum absolute atomic E-state index is 0.0661. The van der Waals surface area contributed by atoms with Gasteiger partial charge in [-0.2, -0.15) is 42.0 Å². The maximum Gasteiger partial charge on any atom is 0.333 e. The highest BCUT2D eigenvalue weighted by Gasteiger charge is 2.54. The lowest BCUT2D eigenvalue weighted by atomic mass is 9.64. The Hall–Kier alpha value is -2.00. The molecular formula is C27H50N10O11S2. The van der Waals surface area contributed by atoms with Gasteiger partial charge in [0.05, 0.1) is 29.4 Å². The fourth-order valence-corrected chi connectivity index (χ4v) is 10.3. The second kappa shape index (κ2) is 16.8. The Bertz CT molecular complexity index is 1430. The van der Waals surface area contributed by atoms with Gasteiger partial charge in [-0.1, -0.05) is 25.7 Å². The Labute approximate surface area is 290 Å². The van der Waals surface area contributed by atoms with Crippen molar-refractivity contribution in [3.63, 3.8) is 0 Å². The molecule has 14 atom stereocenters. The van der Waals surface area contributed by atoms with Gasteiger partial charge in [0.25, 0.3) is 10.1 Å². The van der Waals surface area contributed by atoms with E-state index >= 15 is 0 Å². The Morgan fingerprint density at radius 2 is 1.48 bits per heavy atom. The number of hydrogen-bond donors (Lipinski definition) is 12. The van der Waals surface area contributed by atoms with Crippen LogP contribution in [0.15, 0.2) is 10.2 Å². The van der Waals surface area contributed by atoms with E-state index in [1.165, 1.54) is 0 Å². The van der Waals surface area contributed by atoms with Crippen molar-refractivity contribution in [2.75, 3.05) is 0 Å². The molecule has 14 unspecified atom stereocenters. The first-order chi connectivity index (χ1) is 23.7. The molecule has 0 aromatic carbocycles. The molecule has 23 heteroatoms. The van der Waals surface area contributed by atoms with E-state index in [2.05, 4.69) is 51.1 Å². The summed E-state index contributed by atoms with van der Waals surface area (Å²) < 4.78 is 66.0. The summed E-state index contributed by atoms with van der Waals surface area (Å²) in [5.41, 5.74) is 0. The molecule has 0 spiro atoms. The van der Waals surface area contributed by atoms with Gasteiger partial charge in [-0.15, -0.1) is 0 Å². The lowest BCUT2D eigenvalue weighted by Crippen LogP contribution is -2.77. The van der Waals surface area contributed by atoms with E-state index < -0.39 is 98.6 Å². The molecule has 5 rings (SSSR count). The van der Waals surface area contributed by atoms with Gasteiger partial charge in [-0.05, 0) is 50.9 Å². The van der Waals surface area contributed by atoms with Crippen LogP contribution in [-0.2, 0) is 34.3 Å². The number of carboxylic acid groups (broad SMARTS) is 1. The van der Waals surface area contributed by atoms with Crippen molar-refractivity contribution >= 4 is 32.8 Å². The van der Waals surface area contributed by atoms with Crippen molar-refractivity contribution in [3.8, 4) is 0 Å². The highest BCUT2D eigenvalue weighted by Crippen LogP contribution is 2.44. The number of carbonyl (C=O) groups excluding carboxylic acids is 1. The SMILES string of the molecule is NOS(=O)(=O)C1CC2CC(NS(=O)(=O)O)C(N=NC3CCCCC3C(=O)O)C(O)C2C(NC2NC(O)NC(NC3CCCCC3NC=O)N2)C1. The number of fused-ring (bicyclic) bond motifs is 1. The third-order valence-corrected chi connectivity index (χ3v) is 12.9. The molecular weight excluding hydrogens is 704 g/mol. The van der Waals surface area contributed by atoms with E-state index in [1.54, 1.807) is 0 Å². The predicted octanol–water partition coefficient (Wildman–Crippen LogP) is -3.18. The quantitative estimate of drug-likeness (QED) is 0.0382. The fourth-order valence-electron chi connectivity index (χ4n) is 8.58. The molecule has 50 heavy (non-hydrogen) atoms. The maximum atomic E-state index is 12.9. The van der Waals surface area contributed by atoms with Crippen molar-refractivity contribution < 1.29 is 50.6 Å². The summed E-state index contributed by atoms with van der Waals surface area (Å²) in [6.07, 6.45) is 1.89. The number of nitrogens with one attached hydrogen (secondary N) is 7. The van der Waals surface area contributed by atoms with E-state index in [4.69, 9.17) is 5.90 Å². The summed E-state index contributed by atoms with van der Waals surface area (Å²) in [5, 5.41) is 58.2. The summed E-state index contributed by atoms with van der Waals surface area (Å²) in [6, 6.07) is -4.25. The zero-order valence-electron chi connectivity index (χ0n) is 27.4. The fraction of sp³-hybridized carbons (Fsp3) is 0.926. The molecule has 0 aromatic heterocycles. The molecule has 286 valence electrons. The van der Waals surface area contributed by atoms with Crippen LogP contribution in [-0.4, -0.2) is 116 Å². The average Bonchev–Trinajstić information content (AvgIpc) is 3.04. The molecule has 1 aliphatic heterocycles. The van der Waals surface area contributed by atoms with Gasteiger partial charge in [-0.25, -0.2) is 0 Å². The van der Waals surface area contributed by atoms with Crippen molar-refractivity contribution in [3.05, 3.63) is 0 Å². The number of aliphatic carboxylic acids is 1. The molecule has 5 fully saturated rings. The predicted molar refractivity (Wildman–Crippen MR) is 174 cm³/mol. The van der Waals surface area contributed by atoms with E-state index in [1.807, 2.05) is 0 Å². The van der Waals surface area contributed by atoms with Crippen LogP contribution in [0, 0.1) is 17.8 Å². The third kappa shape index (κ3) is 9.70. The van der Waals surface area contributed by atoms with Gasteiger partial charge >= 0.3 is 16.3 Å². The molecule has 0 bridgehead atoms. The second-order valence-electron chi connectivity index (χ2n) is 14.0. The van der Waals surface area contributed by atoms with Gasteiger partial charge in [0.1, 0.15) is 18.6 Å². The number of carboxylic acids is 1. The zero-order chi connectivity index (χ0) is 36.2. The number of carbonyl (C=O) groups is 2. The van der Waals surface area contributed by atoms with Crippen LogP contribution in [0.1, 0.15) is 70.6 Å². The molecule has 21 nitrogen and oxygen atoms in total. The topological polar surface area (TPSA) is 328 Å². The smallest absolute Gasteiger partial charge is 0.333 e. The number of nitrogens with zero attached hydrogens (tertiary/aromatic N) is 2. The van der Waals surface area contributed by atoms with E-state index in [-0.39, 0.29) is 31.3 Å². The summed E-state index contributed by atoms with van der Waals surface area (Å²) in [7, 11) is -9.12. The molecule has 1 amide bonds. The average molecular weight is 755 g/mol. The van der Waals surface area contributed by atoms with E-state index in [0.29, 0.717) is 25.7 Å². The van der Waals surface area contributed by atoms with Crippen LogP contribution in [0.3, 0.4) is 0 Å². The molecule has 1 heterocycles. The third-order valence-electron chi connectivity index (χ3n) is 10.8. The Kier molecular flexibility index (Phi) is 13.2. The summed E-state index contributed by atoms with van der Waals surface area (Å²) in [4.78, 5) is 23.1. The molecule has 13 N–H and O–H groups in total. The lowest BCUT2D eigenvalue weighted by molar-refractivity contribution is -0.143. The largest absolute Gasteiger partial charge is 0.481 e. The van der Waals surface area contributed by atoms with Gasteiger partial charge in [0.2, 0.25) is 6.41 Å². The summed E-state index contributed by atoms with van der Waals surface area (Å²) in [5.74, 6) is 1.88. The Morgan fingerprint density at radius 3 is 2.12 bits per heavy atom. The van der Waals surface area contributed by atoms with Crippen molar-refractivity contribution in [1.82, 2.24) is 36.6 Å². The maximum absolute atomic E-state index is 12.9. The highest BCUT2D eigenvalue weighted by molar-refractivity contribution is 7.87. The number of azo groups is 1. The molecule has 1 saturated heterocycles. The van der Waals surface area contributed by atoms with Gasteiger partial charge in [-0.3, -0.25) is 40.7 Å². The zero-order valence-corrected chi connectivity index (χ0v) is 29.0. The minimum atomic E-state index is -4.82. The van der Waals surface area contributed by atoms with Crippen LogP contribution in [0.25, 0.3) is 0 Å². The second-order valence-corrected chi connectivity index (χ2v) is 17.0. The number of aliphatic hydroxyl groups excluding tert-OH is 2. The number of nitrogens with two attached hydrogens (primary N) is 1. The van der Waals surface area contributed by atoms with Crippen molar-refractivity contribution in [2.24, 2.45) is 33.9 Å². The van der Waals surface area contributed by atoms with Crippen LogP contribution >= 0.6 is 0 Å². The molecule has 4 saturated carbocycles. The summed E-state index contributed by atoms with van der Waals surface area (Å²) >= 11 is 0. The molecule has 0 radical (unpaired) electrons. The van der Waals surface area contributed by atoms with Crippen LogP contribution in [0.4, 0.5) is 0 Å². The monoisotopic (exact) mass is 754 g/mol. The van der Waals surface area contributed by atoms with E-state index in [0.717, 1.165) is 32.1 Å². The van der Waals surface area contributed by atoms with Gasteiger partial charge in [0, 0.05) is 24.0 Å². The van der Waals surface area contributed by atoms with Crippen LogP contribution < -0.4 is 42.5 Å². The number of amides is 1. The van der Waals surface area contributed by atoms with Crippen LogP contribution in [0.5, 0.6) is 0 Å². The minimum Gasteiger partial charge on any atom is -0.481 e. The van der Waals surface area contributed by atoms with Crippen molar-refractivity contribution in [1.29, 1.82) is 0 Å². The Balaban J connectivity index is 1.40. The Morgan fingerprint density at radius 1 is 0.840 bits per heavy atom. The number of hydrogen-bond acceptors (Lipinski definition) is 17. The number of rotatable bonds is 13. The molecule has 0 aromatic rings. The first-order valence-corrected chi connectivity index (χ1v) is 20.0. The first kappa shape index (κ1) is 39.2. The first-order valence-electron chi connectivity index (χ1n) is 17.0.